The smallest absolute Gasteiger partial charge is 0.0710 e. The summed E-state index contributed by atoms with van der Waals surface area (Å²) in [6, 6.07) is 3.97. The molecule has 1 aliphatic carbocycles. The van der Waals surface area contributed by atoms with Crippen LogP contribution in [0.25, 0.3) is 11.3 Å². The van der Waals surface area contributed by atoms with Gasteiger partial charge in [0.05, 0.1) is 18.4 Å². The molecule has 1 aliphatic rings. The Morgan fingerprint density at radius 1 is 1.40 bits per heavy atom. The molecule has 0 spiro atoms. The van der Waals surface area contributed by atoms with Crippen molar-refractivity contribution in [2.24, 2.45) is 5.92 Å². The third-order valence-electron chi connectivity index (χ3n) is 3.59. The van der Waals surface area contributed by atoms with Crippen LogP contribution in [0.15, 0.2) is 30.7 Å². The van der Waals surface area contributed by atoms with Crippen LogP contribution in [0.1, 0.15) is 18.4 Å². The van der Waals surface area contributed by atoms with Gasteiger partial charge in [-0.2, -0.15) is 5.10 Å². The van der Waals surface area contributed by atoms with Gasteiger partial charge in [-0.15, -0.1) is 6.42 Å². The number of aromatic amines is 1. The standard InChI is InChI=1S/C16H18N4/c1-2-8-20(11-13-5-6-13)12-15-10-18-19-16(15)14-4-3-7-17-9-14/h1,3-4,7,9-10,13H,5-6,8,11-12H2,(H,18,19). The van der Waals surface area contributed by atoms with Crippen LogP contribution in [-0.4, -0.2) is 33.2 Å². The zero-order valence-electron chi connectivity index (χ0n) is 11.4. The Labute approximate surface area is 119 Å². The first kappa shape index (κ1) is 12.9. The van der Waals surface area contributed by atoms with E-state index in [2.05, 4.69) is 26.0 Å². The molecule has 0 aromatic carbocycles. The molecule has 2 aromatic rings. The monoisotopic (exact) mass is 266 g/mol. The lowest BCUT2D eigenvalue weighted by molar-refractivity contribution is 0.287. The minimum Gasteiger partial charge on any atom is -0.288 e. The molecular formula is C16H18N4. The van der Waals surface area contributed by atoms with Crippen molar-refractivity contribution >= 4 is 0 Å². The highest BCUT2D eigenvalue weighted by Crippen LogP contribution is 2.30. The molecule has 0 bridgehead atoms. The second kappa shape index (κ2) is 5.89. The molecule has 1 fully saturated rings. The van der Waals surface area contributed by atoms with Gasteiger partial charge in [0.1, 0.15) is 0 Å². The van der Waals surface area contributed by atoms with Gasteiger partial charge in [0.15, 0.2) is 0 Å². The second-order valence-corrected chi connectivity index (χ2v) is 5.33. The molecule has 2 aromatic heterocycles. The van der Waals surface area contributed by atoms with E-state index < -0.39 is 0 Å². The van der Waals surface area contributed by atoms with Crippen molar-refractivity contribution in [3.05, 3.63) is 36.3 Å². The lowest BCUT2D eigenvalue weighted by Gasteiger charge is -2.19. The predicted molar refractivity (Wildman–Crippen MR) is 78.7 cm³/mol. The zero-order chi connectivity index (χ0) is 13.8. The Balaban J connectivity index is 1.76. The highest BCUT2D eigenvalue weighted by Gasteiger charge is 2.24. The minimum absolute atomic E-state index is 0.689. The summed E-state index contributed by atoms with van der Waals surface area (Å²) < 4.78 is 0. The fourth-order valence-electron chi connectivity index (χ4n) is 2.41. The number of H-pyrrole nitrogens is 1. The van der Waals surface area contributed by atoms with Gasteiger partial charge in [-0.05, 0) is 30.9 Å². The predicted octanol–water partition coefficient (Wildman–Crippen LogP) is 2.32. The molecule has 0 radical (unpaired) electrons. The second-order valence-electron chi connectivity index (χ2n) is 5.33. The summed E-state index contributed by atoms with van der Waals surface area (Å²) in [7, 11) is 0. The maximum absolute atomic E-state index is 5.48. The van der Waals surface area contributed by atoms with E-state index in [4.69, 9.17) is 6.42 Å². The lowest BCUT2D eigenvalue weighted by Crippen LogP contribution is -2.26. The van der Waals surface area contributed by atoms with E-state index in [9.17, 15) is 0 Å². The van der Waals surface area contributed by atoms with Crippen molar-refractivity contribution < 1.29 is 0 Å². The number of nitrogens with zero attached hydrogens (tertiary/aromatic N) is 3. The molecule has 3 rings (SSSR count). The zero-order valence-corrected chi connectivity index (χ0v) is 11.4. The third-order valence-corrected chi connectivity index (χ3v) is 3.59. The summed E-state index contributed by atoms with van der Waals surface area (Å²) in [6.07, 6.45) is 13.7. The van der Waals surface area contributed by atoms with Crippen LogP contribution < -0.4 is 0 Å². The number of aromatic nitrogens is 3. The van der Waals surface area contributed by atoms with Crippen molar-refractivity contribution in [1.82, 2.24) is 20.1 Å². The summed E-state index contributed by atoms with van der Waals surface area (Å²) >= 11 is 0. The van der Waals surface area contributed by atoms with E-state index >= 15 is 0 Å². The highest BCUT2D eigenvalue weighted by molar-refractivity contribution is 5.61. The lowest BCUT2D eigenvalue weighted by atomic mass is 10.1. The van der Waals surface area contributed by atoms with E-state index in [0.29, 0.717) is 6.54 Å². The number of hydrogen-bond acceptors (Lipinski definition) is 3. The first-order chi connectivity index (χ1) is 9.86. The highest BCUT2D eigenvalue weighted by atomic mass is 15.1. The van der Waals surface area contributed by atoms with Crippen LogP contribution in [0, 0.1) is 18.3 Å². The molecule has 0 saturated heterocycles. The van der Waals surface area contributed by atoms with Crippen LogP contribution in [-0.2, 0) is 6.54 Å². The fourth-order valence-corrected chi connectivity index (χ4v) is 2.41. The largest absolute Gasteiger partial charge is 0.288 e. The average molecular weight is 266 g/mol. The van der Waals surface area contributed by atoms with Crippen molar-refractivity contribution in [2.45, 2.75) is 19.4 Å². The first-order valence-corrected chi connectivity index (χ1v) is 6.95. The normalized spacial score (nSPS) is 14.4. The molecule has 0 aliphatic heterocycles. The van der Waals surface area contributed by atoms with E-state index in [0.717, 1.165) is 30.3 Å². The number of hydrogen-bond donors (Lipinski definition) is 1. The van der Waals surface area contributed by atoms with Crippen molar-refractivity contribution in [1.29, 1.82) is 0 Å². The molecule has 0 unspecified atom stereocenters. The van der Waals surface area contributed by atoms with Crippen molar-refractivity contribution in [3.8, 4) is 23.6 Å². The van der Waals surface area contributed by atoms with Crippen LogP contribution in [0.3, 0.4) is 0 Å². The molecule has 0 amide bonds. The van der Waals surface area contributed by atoms with E-state index in [-0.39, 0.29) is 0 Å². The average Bonchev–Trinajstić information content (AvgIpc) is 3.16. The Morgan fingerprint density at radius 2 is 2.30 bits per heavy atom. The maximum Gasteiger partial charge on any atom is 0.0710 e. The molecule has 102 valence electrons. The van der Waals surface area contributed by atoms with Gasteiger partial charge in [0.2, 0.25) is 0 Å². The van der Waals surface area contributed by atoms with Crippen LogP contribution in [0.5, 0.6) is 0 Å². The van der Waals surface area contributed by atoms with Crippen LogP contribution in [0.2, 0.25) is 0 Å². The van der Waals surface area contributed by atoms with Crippen LogP contribution >= 0.6 is 0 Å². The number of terminal acetylenes is 1. The molecule has 2 heterocycles. The van der Waals surface area contributed by atoms with Gasteiger partial charge in [0, 0.05) is 36.6 Å². The summed E-state index contributed by atoms with van der Waals surface area (Å²) in [5.74, 6) is 3.59. The van der Waals surface area contributed by atoms with Gasteiger partial charge in [-0.3, -0.25) is 15.0 Å². The summed E-state index contributed by atoms with van der Waals surface area (Å²) in [5.41, 5.74) is 3.27. The van der Waals surface area contributed by atoms with Crippen molar-refractivity contribution in [3.63, 3.8) is 0 Å². The maximum atomic E-state index is 5.48. The van der Waals surface area contributed by atoms with Gasteiger partial charge >= 0.3 is 0 Å². The van der Waals surface area contributed by atoms with E-state index in [1.807, 2.05) is 24.5 Å². The molecule has 1 saturated carbocycles. The topological polar surface area (TPSA) is 44.8 Å². The first-order valence-electron chi connectivity index (χ1n) is 6.95. The number of rotatable bonds is 6. The number of pyridine rings is 1. The van der Waals surface area contributed by atoms with Gasteiger partial charge in [-0.1, -0.05) is 5.92 Å². The fraction of sp³-hybridized carbons (Fsp3) is 0.375. The van der Waals surface area contributed by atoms with Gasteiger partial charge < -0.3 is 0 Å². The molecule has 20 heavy (non-hydrogen) atoms. The Bertz CT molecular complexity index is 592. The molecule has 0 atom stereocenters. The van der Waals surface area contributed by atoms with E-state index in [1.54, 1.807) is 6.20 Å². The molecule has 1 N–H and O–H groups in total. The van der Waals surface area contributed by atoms with Crippen LogP contribution in [0.4, 0.5) is 0 Å². The minimum atomic E-state index is 0.689. The molecule has 4 nitrogen and oxygen atoms in total. The summed E-state index contributed by atoms with van der Waals surface area (Å²) in [4.78, 5) is 6.48. The Hall–Kier alpha value is -2.12. The SMILES string of the molecule is C#CCN(Cc1cn[nH]c1-c1cccnc1)CC1CC1. The van der Waals surface area contributed by atoms with Crippen molar-refractivity contribution in [2.75, 3.05) is 13.1 Å². The number of nitrogens with one attached hydrogen (secondary N) is 1. The van der Waals surface area contributed by atoms with Gasteiger partial charge in [-0.25, -0.2) is 0 Å². The molecule has 4 heteroatoms. The van der Waals surface area contributed by atoms with E-state index in [1.165, 1.54) is 18.4 Å². The molecular weight excluding hydrogens is 248 g/mol. The third kappa shape index (κ3) is 3.06. The Kier molecular flexibility index (Phi) is 3.80. The Morgan fingerprint density at radius 3 is 3.00 bits per heavy atom. The quantitative estimate of drug-likeness (QED) is 0.816. The van der Waals surface area contributed by atoms with Gasteiger partial charge in [0.25, 0.3) is 0 Å². The summed E-state index contributed by atoms with van der Waals surface area (Å²) in [6.45, 7) is 2.61. The summed E-state index contributed by atoms with van der Waals surface area (Å²) in [5, 5.41) is 7.25.